The summed E-state index contributed by atoms with van der Waals surface area (Å²) in [7, 11) is 0. The van der Waals surface area contributed by atoms with Crippen molar-refractivity contribution in [2.45, 2.75) is 17.8 Å². The molecule has 124 valence electrons. The molecular weight excluding hydrogens is 349 g/mol. The maximum atomic E-state index is 13.6. The maximum absolute atomic E-state index is 13.6. The molecule has 2 aromatic rings. The average molecular weight is 357 g/mol. The Bertz CT molecular complexity index is 607. The second-order valence-electron chi connectivity index (χ2n) is 4.76. The van der Waals surface area contributed by atoms with Crippen LogP contribution in [0.5, 0.6) is 0 Å². The average Bonchev–Trinajstić information content (AvgIpc) is 2.40. The summed E-state index contributed by atoms with van der Waals surface area (Å²) in [6.45, 7) is 0. The Hall–Kier alpha value is -1.76. The van der Waals surface area contributed by atoms with E-state index in [1.807, 2.05) is 0 Å². The molecule has 0 aliphatic carbocycles. The molecule has 8 heteroatoms. The van der Waals surface area contributed by atoms with Crippen molar-refractivity contribution in [1.82, 2.24) is 0 Å². The predicted octanol–water partition coefficient (Wildman–Crippen LogP) is 5.89. The first-order chi connectivity index (χ1) is 10.5. The normalized spacial score (nSPS) is 13.2. The van der Waals surface area contributed by atoms with E-state index in [2.05, 4.69) is 0 Å². The van der Waals surface area contributed by atoms with Gasteiger partial charge in [0.1, 0.15) is 5.82 Å². The second-order valence-corrected chi connectivity index (χ2v) is 5.20. The van der Waals surface area contributed by atoms with Crippen molar-refractivity contribution in [3.8, 4) is 0 Å². The highest BCUT2D eigenvalue weighted by atomic mass is 35.5. The van der Waals surface area contributed by atoms with Gasteiger partial charge in [-0.2, -0.15) is 26.3 Å². The number of halogens is 8. The largest absolute Gasteiger partial charge is 0.411 e. The molecule has 0 spiro atoms. The Balaban J connectivity index is 2.86. The highest BCUT2D eigenvalue weighted by Gasteiger charge is 2.72. The van der Waals surface area contributed by atoms with Crippen LogP contribution in [-0.4, -0.2) is 12.4 Å². The van der Waals surface area contributed by atoms with Crippen molar-refractivity contribution in [2.75, 3.05) is 0 Å². The summed E-state index contributed by atoms with van der Waals surface area (Å²) in [5.41, 5.74) is -6.45. The zero-order chi connectivity index (χ0) is 17.5. The van der Waals surface area contributed by atoms with Gasteiger partial charge in [0.25, 0.3) is 0 Å². The Morgan fingerprint density at radius 3 is 1.30 bits per heavy atom. The van der Waals surface area contributed by atoms with E-state index in [9.17, 15) is 30.7 Å². The van der Waals surface area contributed by atoms with E-state index >= 15 is 0 Å². The van der Waals surface area contributed by atoms with E-state index in [0.29, 0.717) is 36.4 Å². The fourth-order valence-corrected chi connectivity index (χ4v) is 2.51. The van der Waals surface area contributed by atoms with Gasteiger partial charge in [-0.15, -0.1) is 0 Å². The van der Waals surface area contributed by atoms with Crippen molar-refractivity contribution >= 4 is 11.6 Å². The summed E-state index contributed by atoms with van der Waals surface area (Å²) in [5.74, 6) is -0.942. The molecule has 0 amide bonds. The summed E-state index contributed by atoms with van der Waals surface area (Å²) < 4.78 is 94.5. The number of hydrogen-bond donors (Lipinski definition) is 0. The fraction of sp³-hybridized carbons (Fsp3) is 0.200. The fourth-order valence-electron chi connectivity index (χ4n) is 2.38. The molecule has 0 saturated carbocycles. The zero-order valence-corrected chi connectivity index (χ0v) is 11.9. The summed E-state index contributed by atoms with van der Waals surface area (Å²) >= 11 is 5.54. The van der Waals surface area contributed by atoms with E-state index in [1.54, 1.807) is 0 Å². The highest BCUT2D eigenvalue weighted by Crippen LogP contribution is 2.56. The van der Waals surface area contributed by atoms with Crippen LogP contribution in [0.3, 0.4) is 0 Å². The Morgan fingerprint density at radius 2 is 0.957 bits per heavy atom. The van der Waals surface area contributed by atoms with Gasteiger partial charge in [0.15, 0.2) is 0 Å². The van der Waals surface area contributed by atoms with Gasteiger partial charge >= 0.3 is 12.4 Å². The van der Waals surface area contributed by atoms with Crippen LogP contribution in [0.15, 0.2) is 48.5 Å². The minimum atomic E-state index is -5.70. The molecular formula is C15H8ClF7. The van der Waals surface area contributed by atoms with Crippen molar-refractivity contribution in [1.29, 1.82) is 0 Å². The van der Waals surface area contributed by atoms with Crippen LogP contribution >= 0.6 is 11.6 Å². The molecule has 0 saturated heterocycles. The molecule has 23 heavy (non-hydrogen) atoms. The summed E-state index contributed by atoms with van der Waals surface area (Å²) in [4.78, 5) is 0. The van der Waals surface area contributed by atoms with Gasteiger partial charge in [-0.25, -0.2) is 4.39 Å². The molecule has 0 aromatic heterocycles. The van der Waals surface area contributed by atoms with Crippen LogP contribution in [0.1, 0.15) is 11.1 Å². The van der Waals surface area contributed by atoms with E-state index in [0.717, 1.165) is 12.1 Å². The molecule has 0 radical (unpaired) electrons. The molecule has 0 N–H and O–H groups in total. The van der Waals surface area contributed by atoms with Gasteiger partial charge in [-0.05, 0) is 35.4 Å². The lowest BCUT2D eigenvalue weighted by molar-refractivity contribution is -0.288. The molecule has 2 aromatic carbocycles. The quantitative estimate of drug-likeness (QED) is 0.589. The van der Waals surface area contributed by atoms with Crippen molar-refractivity contribution < 1.29 is 30.7 Å². The first kappa shape index (κ1) is 17.6. The smallest absolute Gasteiger partial charge is 0.207 e. The summed E-state index contributed by atoms with van der Waals surface area (Å²) in [6, 6.07) is 5.25. The van der Waals surface area contributed by atoms with Crippen molar-refractivity contribution in [3.05, 3.63) is 70.5 Å². The molecule has 0 heterocycles. The van der Waals surface area contributed by atoms with Crippen LogP contribution in [0.2, 0.25) is 5.02 Å². The van der Waals surface area contributed by atoms with Gasteiger partial charge in [-0.1, -0.05) is 35.9 Å². The van der Waals surface area contributed by atoms with Crippen LogP contribution in [-0.2, 0) is 5.41 Å². The van der Waals surface area contributed by atoms with Crippen molar-refractivity contribution in [2.24, 2.45) is 0 Å². The summed E-state index contributed by atoms with van der Waals surface area (Å²) in [6.07, 6.45) is -11.4. The standard InChI is InChI=1S/C15H8ClF7/c16-11-5-1-9(2-6-11)13(14(18,19)20,15(21,22)23)10-3-7-12(17)8-4-10/h1-8H. The predicted molar refractivity (Wildman–Crippen MR) is 70.7 cm³/mol. The Labute approximate surface area is 131 Å². The Kier molecular flexibility index (Phi) is 4.36. The lowest BCUT2D eigenvalue weighted by Gasteiger charge is -2.38. The molecule has 0 unspecified atom stereocenters. The van der Waals surface area contributed by atoms with Crippen LogP contribution in [0.4, 0.5) is 30.7 Å². The van der Waals surface area contributed by atoms with Gasteiger partial charge in [0.05, 0.1) is 0 Å². The lowest BCUT2D eigenvalue weighted by Crippen LogP contribution is -2.54. The molecule has 0 atom stereocenters. The number of benzene rings is 2. The van der Waals surface area contributed by atoms with E-state index in [-0.39, 0.29) is 5.02 Å². The molecule has 0 bridgehead atoms. The molecule has 0 fully saturated rings. The lowest BCUT2D eigenvalue weighted by atomic mass is 9.73. The van der Waals surface area contributed by atoms with Gasteiger partial charge in [0.2, 0.25) is 5.41 Å². The number of alkyl halides is 6. The van der Waals surface area contributed by atoms with Gasteiger partial charge < -0.3 is 0 Å². The van der Waals surface area contributed by atoms with Crippen LogP contribution in [0, 0.1) is 5.82 Å². The number of rotatable bonds is 2. The molecule has 0 aliphatic rings. The number of hydrogen-bond acceptors (Lipinski definition) is 0. The Morgan fingerprint density at radius 1 is 0.609 bits per heavy atom. The first-order valence-corrected chi connectivity index (χ1v) is 6.53. The van der Waals surface area contributed by atoms with E-state index in [4.69, 9.17) is 11.6 Å². The second kappa shape index (κ2) is 5.70. The SMILES string of the molecule is Fc1ccc(C(c2ccc(Cl)cc2)(C(F)(F)F)C(F)(F)F)cc1. The third-order valence-corrected chi connectivity index (χ3v) is 3.66. The topological polar surface area (TPSA) is 0 Å². The van der Waals surface area contributed by atoms with Gasteiger partial charge in [0, 0.05) is 5.02 Å². The van der Waals surface area contributed by atoms with E-state index in [1.165, 1.54) is 0 Å². The first-order valence-electron chi connectivity index (χ1n) is 6.15. The minimum Gasteiger partial charge on any atom is -0.207 e. The maximum Gasteiger partial charge on any atom is 0.411 e. The van der Waals surface area contributed by atoms with Crippen LogP contribution in [0.25, 0.3) is 0 Å². The highest BCUT2D eigenvalue weighted by molar-refractivity contribution is 6.30. The van der Waals surface area contributed by atoms with Crippen molar-refractivity contribution in [3.63, 3.8) is 0 Å². The third kappa shape index (κ3) is 2.89. The minimum absolute atomic E-state index is 0.00824. The molecule has 2 rings (SSSR count). The van der Waals surface area contributed by atoms with Crippen LogP contribution < -0.4 is 0 Å². The summed E-state index contributed by atoms with van der Waals surface area (Å²) in [5, 5.41) is -0.00824. The molecule has 0 aliphatic heterocycles. The molecule has 0 nitrogen and oxygen atoms in total. The van der Waals surface area contributed by atoms with Gasteiger partial charge in [-0.3, -0.25) is 0 Å². The van der Waals surface area contributed by atoms with E-state index < -0.39 is 34.7 Å². The monoisotopic (exact) mass is 356 g/mol. The zero-order valence-electron chi connectivity index (χ0n) is 11.1. The third-order valence-electron chi connectivity index (χ3n) is 3.40.